The number of carbonyl (C=O) groups is 2. The van der Waals surface area contributed by atoms with E-state index in [0.717, 1.165) is 5.56 Å². The van der Waals surface area contributed by atoms with E-state index < -0.39 is 18.0 Å². The number of carbonyl (C=O) groups excluding carboxylic acids is 2. The second kappa shape index (κ2) is 9.83. The molecule has 2 aromatic rings. The predicted molar refractivity (Wildman–Crippen MR) is 97.9 cm³/mol. The summed E-state index contributed by atoms with van der Waals surface area (Å²) in [5, 5.41) is 15.8. The van der Waals surface area contributed by atoms with Crippen LogP contribution < -0.4 is 10.7 Å². The Labute approximate surface area is 151 Å². The molecule has 0 saturated carbocycles. The number of phenols is 1. The van der Waals surface area contributed by atoms with Crippen LogP contribution in [0.3, 0.4) is 0 Å². The van der Waals surface area contributed by atoms with Crippen LogP contribution in [-0.4, -0.2) is 36.0 Å². The summed E-state index contributed by atoms with van der Waals surface area (Å²) in [5.41, 5.74) is 3.92. The molecule has 0 heterocycles. The first-order chi connectivity index (χ1) is 12.6. The van der Waals surface area contributed by atoms with Crippen molar-refractivity contribution in [2.45, 2.75) is 19.4 Å². The van der Waals surface area contributed by atoms with E-state index in [1.807, 2.05) is 30.3 Å². The van der Waals surface area contributed by atoms with E-state index in [4.69, 9.17) is 4.74 Å². The quantitative estimate of drug-likeness (QED) is 0.524. The molecule has 0 bridgehead atoms. The number of ether oxygens (including phenoxy) is 1. The lowest BCUT2D eigenvalue weighted by Gasteiger charge is -2.16. The molecular weight excluding hydrogens is 334 g/mol. The van der Waals surface area contributed by atoms with Crippen molar-refractivity contribution in [3.8, 4) is 5.75 Å². The van der Waals surface area contributed by atoms with Crippen molar-refractivity contribution in [1.82, 2.24) is 10.7 Å². The molecule has 3 N–H and O–H groups in total. The minimum Gasteiger partial charge on any atom is -0.508 e. The highest BCUT2D eigenvalue weighted by atomic mass is 16.5. The van der Waals surface area contributed by atoms with Gasteiger partial charge in [0.05, 0.1) is 12.8 Å². The molecule has 0 spiro atoms. The highest BCUT2D eigenvalue weighted by Gasteiger charge is 2.21. The topological polar surface area (TPSA) is 100 Å². The lowest BCUT2D eigenvalue weighted by molar-refractivity contribution is -0.123. The summed E-state index contributed by atoms with van der Waals surface area (Å²) in [4.78, 5) is 24.1. The minimum atomic E-state index is -0.835. The third-order valence-electron chi connectivity index (χ3n) is 3.43. The number of alkyl carbamates (subject to hydrolysis) is 1. The number of hydrazone groups is 1. The Morgan fingerprint density at radius 3 is 2.65 bits per heavy atom. The third kappa shape index (κ3) is 6.27. The Kier molecular flexibility index (Phi) is 7.17. The van der Waals surface area contributed by atoms with Crippen molar-refractivity contribution in [3.63, 3.8) is 0 Å². The van der Waals surface area contributed by atoms with Crippen LogP contribution in [0.25, 0.3) is 0 Å². The van der Waals surface area contributed by atoms with Crippen LogP contribution in [0, 0.1) is 0 Å². The van der Waals surface area contributed by atoms with E-state index in [2.05, 4.69) is 15.8 Å². The van der Waals surface area contributed by atoms with Crippen molar-refractivity contribution in [3.05, 3.63) is 65.7 Å². The molecule has 7 nitrogen and oxygen atoms in total. The first-order valence-electron chi connectivity index (χ1n) is 8.17. The molecule has 7 heteroatoms. The molecule has 2 aromatic carbocycles. The molecule has 136 valence electrons. The number of hydrogen-bond donors (Lipinski definition) is 3. The average Bonchev–Trinajstić information content (AvgIpc) is 2.62. The Bertz CT molecular complexity index is 762. The number of amides is 2. The van der Waals surface area contributed by atoms with E-state index >= 15 is 0 Å². The normalized spacial score (nSPS) is 11.7. The molecule has 0 unspecified atom stereocenters. The summed E-state index contributed by atoms with van der Waals surface area (Å²) in [5.74, 6) is -0.371. The maximum absolute atomic E-state index is 12.4. The SMILES string of the molecule is CCOC(=O)N[C@H](Cc1ccccc1)C(=O)N/N=C\c1cccc(O)c1. The van der Waals surface area contributed by atoms with Gasteiger partial charge in [0.1, 0.15) is 11.8 Å². The van der Waals surface area contributed by atoms with Crippen molar-refractivity contribution in [2.24, 2.45) is 5.10 Å². The molecule has 0 aliphatic carbocycles. The van der Waals surface area contributed by atoms with Gasteiger partial charge in [-0.05, 0) is 30.2 Å². The second-order valence-electron chi connectivity index (χ2n) is 5.44. The molecule has 1 atom stereocenters. The Morgan fingerprint density at radius 2 is 1.96 bits per heavy atom. The largest absolute Gasteiger partial charge is 0.508 e. The third-order valence-corrected chi connectivity index (χ3v) is 3.43. The molecule has 0 aromatic heterocycles. The summed E-state index contributed by atoms with van der Waals surface area (Å²) in [7, 11) is 0. The second-order valence-corrected chi connectivity index (χ2v) is 5.44. The number of rotatable bonds is 7. The minimum absolute atomic E-state index is 0.103. The highest BCUT2D eigenvalue weighted by Crippen LogP contribution is 2.08. The van der Waals surface area contributed by atoms with E-state index in [9.17, 15) is 14.7 Å². The molecule has 2 rings (SSSR count). The van der Waals surface area contributed by atoms with Gasteiger partial charge >= 0.3 is 6.09 Å². The van der Waals surface area contributed by atoms with E-state index in [0.29, 0.717) is 12.0 Å². The van der Waals surface area contributed by atoms with Gasteiger partial charge in [0.25, 0.3) is 5.91 Å². The molecule has 0 fully saturated rings. The molecule has 0 aliphatic rings. The molecular formula is C19H21N3O4. The van der Waals surface area contributed by atoms with Crippen molar-refractivity contribution >= 4 is 18.2 Å². The van der Waals surface area contributed by atoms with Crippen molar-refractivity contribution < 1.29 is 19.4 Å². The number of phenolic OH excluding ortho intramolecular Hbond substituents is 1. The highest BCUT2D eigenvalue weighted by molar-refractivity contribution is 5.87. The van der Waals surface area contributed by atoms with Crippen molar-refractivity contribution in [2.75, 3.05) is 6.61 Å². The zero-order valence-corrected chi connectivity index (χ0v) is 14.4. The Hall–Kier alpha value is -3.35. The molecule has 0 aliphatic heterocycles. The van der Waals surface area contributed by atoms with E-state index in [1.165, 1.54) is 18.3 Å². The van der Waals surface area contributed by atoms with Gasteiger partial charge in [-0.1, -0.05) is 42.5 Å². The fourth-order valence-corrected chi connectivity index (χ4v) is 2.23. The predicted octanol–water partition coefficient (Wildman–Crippen LogP) is 2.20. The van der Waals surface area contributed by atoms with Gasteiger partial charge in [-0.15, -0.1) is 0 Å². The van der Waals surface area contributed by atoms with Crippen LogP contribution in [0.15, 0.2) is 59.7 Å². The maximum Gasteiger partial charge on any atom is 0.407 e. The lowest BCUT2D eigenvalue weighted by Crippen LogP contribution is -2.47. The van der Waals surface area contributed by atoms with Gasteiger partial charge in [-0.3, -0.25) is 4.79 Å². The van der Waals surface area contributed by atoms with Crippen LogP contribution in [-0.2, 0) is 16.0 Å². The Balaban J connectivity index is 2.02. The van der Waals surface area contributed by atoms with Gasteiger partial charge in [-0.25, -0.2) is 10.2 Å². The maximum atomic E-state index is 12.4. The molecule has 0 saturated heterocycles. The monoisotopic (exact) mass is 355 g/mol. The fraction of sp³-hybridized carbons (Fsp3) is 0.211. The van der Waals surface area contributed by atoms with Gasteiger partial charge < -0.3 is 15.2 Å². The van der Waals surface area contributed by atoms with Crippen LogP contribution in [0.2, 0.25) is 0 Å². The number of benzene rings is 2. The number of aromatic hydroxyl groups is 1. The summed E-state index contributed by atoms with van der Waals surface area (Å²) >= 11 is 0. The van der Waals surface area contributed by atoms with Crippen molar-refractivity contribution in [1.29, 1.82) is 0 Å². The van der Waals surface area contributed by atoms with Gasteiger partial charge in [0, 0.05) is 6.42 Å². The first-order valence-corrected chi connectivity index (χ1v) is 8.17. The van der Waals surface area contributed by atoms with Crippen LogP contribution in [0.4, 0.5) is 4.79 Å². The zero-order chi connectivity index (χ0) is 18.8. The number of nitrogens with zero attached hydrogens (tertiary/aromatic N) is 1. The van der Waals surface area contributed by atoms with Crippen LogP contribution >= 0.6 is 0 Å². The standard InChI is InChI=1S/C19H21N3O4/c1-2-26-19(25)21-17(12-14-7-4-3-5-8-14)18(24)22-20-13-15-9-6-10-16(23)11-15/h3-11,13,17,23H,2,12H2,1H3,(H,21,25)(H,22,24)/b20-13-/t17-/m1/s1. The van der Waals surface area contributed by atoms with Gasteiger partial charge in [-0.2, -0.15) is 5.10 Å². The smallest absolute Gasteiger partial charge is 0.407 e. The summed E-state index contributed by atoms with van der Waals surface area (Å²) in [6, 6.07) is 14.9. The zero-order valence-electron chi connectivity index (χ0n) is 14.4. The lowest BCUT2D eigenvalue weighted by atomic mass is 10.1. The van der Waals surface area contributed by atoms with E-state index in [1.54, 1.807) is 19.1 Å². The van der Waals surface area contributed by atoms with Gasteiger partial charge in [0.15, 0.2) is 0 Å². The summed E-state index contributed by atoms with van der Waals surface area (Å²) in [6.07, 6.45) is 1.04. The number of hydrogen-bond acceptors (Lipinski definition) is 5. The van der Waals surface area contributed by atoms with E-state index in [-0.39, 0.29) is 12.4 Å². The van der Waals surface area contributed by atoms with Crippen LogP contribution in [0.5, 0.6) is 5.75 Å². The molecule has 0 radical (unpaired) electrons. The molecule has 26 heavy (non-hydrogen) atoms. The summed E-state index contributed by atoms with van der Waals surface area (Å²) < 4.78 is 4.85. The number of nitrogens with one attached hydrogen (secondary N) is 2. The molecule has 2 amide bonds. The summed E-state index contributed by atoms with van der Waals surface area (Å²) in [6.45, 7) is 1.90. The average molecular weight is 355 g/mol. The Morgan fingerprint density at radius 1 is 1.19 bits per heavy atom. The fourth-order valence-electron chi connectivity index (χ4n) is 2.23. The first kappa shape index (κ1) is 19.0. The van der Waals surface area contributed by atoms with Crippen LogP contribution in [0.1, 0.15) is 18.1 Å². The van der Waals surface area contributed by atoms with Gasteiger partial charge in [0.2, 0.25) is 0 Å².